The van der Waals surface area contributed by atoms with E-state index in [1.807, 2.05) is 0 Å². The average molecular weight is 412 g/mol. The summed E-state index contributed by atoms with van der Waals surface area (Å²) in [6.45, 7) is 3.81. The fraction of sp³-hybridized carbons (Fsp3) is 0.364. The van der Waals surface area contributed by atoms with Gasteiger partial charge in [0.05, 0.1) is 12.2 Å². The van der Waals surface area contributed by atoms with E-state index in [0.29, 0.717) is 37.2 Å². The first kappa shape index (κ1) is 21.3. The molecule has 1 saturated heterocycles. The van der Waals surface area contributed by atoms with E-state index in [1.165, 1.54) is 20.1 Å². The number of piperidine rings is 1. The van der Waals surface area contributed by atoms with Gasteiger partial charge in [0, 0.05) is 24.3 Å². The van der Waals surface area contributed by atoms with Crippen LogP contribution >= 0.6 is 0 Å². The number of likely N-dealkylation sites (tertiary alicyclic amines) is 1. The summed E-state index contributed by atoms with van der Waals surface area (Å²) >= 11 is 0. The Hall–Kier alpha value is -3.42. The van der Waals surface area contributed by atoms with Gasteiger partial charge in [-0.25, -0.2) is 0 Å². The zero-order valence-corrected chi connectivity index (χ0v) is 16.9. The summed E-state index contributed by atoms with van der Waals surface area (Å²) in [7, 11) is 0. The molecule has 2 heterocycles. The van der Waals surface area contributed by atoms with Crippen LogP contribution in [0.15, 0.2) is 47.1 Å². The van der Waals surface area contributed by atoms with Crippen molar-refractivity contribution < 1.29 is 28.3 Å². The summed E-state index contributed by atoms with van der Waals surface area (Å²) < 4.78 is 10.5. The molecule has 8 nitrogen and oxygen atoms in total. The van der Waals surface area contributed by atoms with Crippen LogP contribution in [-0.4, -0.2) is 47.7 Å². The highest BCUT2D eigenvalue weighted by molar-refractivity contribution is 5.97. The maximum absolute atomic E-state index is 12.4. The van der Waals surface area contributed by atoms with Gasteiger partial charge in [-0.15, -0.1) is 0 Å². The summed E-state index contributed by atoms with van der Waals surface area (Å²) in [5, 5.41) is 2.66. The van der Waals surface area contributed by atoms with E-state index >= 15 is 0 Å². The molecule has 2 aromatic rings. The highest BCUT2D eigenvalue weighted by atomic mass is 16.5. The molecule has 0 aliphatic carbocycles. The molecule has 30 heavy (non-hydrogen) atoms. The van der Waals surface area contributed by atoms with E-state index in [9.17, 15) is 19.2 Å². The standard InChI is InChI=1S/C22H24N2O6/c1-14(25)16-5-7-18(8-6-16)23-20(26)15(2)30-22(28)17-9-11-24(12-10-17)21(27)19-4-3-13-29-19/h3-8,13,15,17H,9-12H2,1-2H3,(H,23,26). The van der Waals surface area contributed by atoms with Crippen molar-refractivity contribution >= 4 is 29.3 Å². The van der Waals surface area contributed by atoms with Crippen LogP contribution in [0.2, 0.25) is 0 Å². The number of hydrogen-bond donors (Lipinski definition) is 1. The minimum Gasteiger partial charge on any atom is -0.459 e. The number of hydrogen-bond acceptors (Lipinski definition) is 6. The third kappa shape index (κ3) is 5.14. The Balaban J connectivity index is 1.46. The van der Waals surface area contributed by atoms with E-state index in [-0.39, 0.29) is 23.4 Å². The smallest absolute Gasteiger partial charge is 0.309 e. The second kappa shape index (κ2) is 9.39. The molecule has 8 heteroatoms. The average Bonchev–Trinajstić information content (AvgIpc) is 3.28. The van der Waals surface area contributed by atoms with Crippen LogP contribution in [0, 0.1) is 5.92 Å². The van der Waals surface area contributed by atoms with Crippen LogP contribution in [0.4, 0.5) is 5.69 Å². The topological polar surface area (TPSA) is 106 Å². The number of esters is 1. The fourth-order valence-electron chi connectivity index (χ4n) is 3.23. The molecule has 1 aliphatic heterocycles. The van der Waals surface area contributed by atoms with Crippen molar-refractivity contribution in [1.29, 1.82) is 0 Å². The molecule has 1 unspecified atom stereocenters. The molecule has 158 valence electrons. The zero-order chi connectivity index (χ0) is 21.7. The van der Waals surface area contributed by atoms with Crippen LogP contribution in [0.1, 0.15) is 47.6 Å². The molecule has 1 aromatic heterocycles. The molecule has 1 fully saturated rings. The summed E-state index contributed by atoms with van der Waals surface area (Å²) in [4.78, 5) is 50.0. The maximum Gasteiger partial charge on any atom is 0.309 e. The van der Waals surface area contributed by atoms with Crippen LogP contribution in [0.25, 0.3) is 0 Å². The Morgan fingerprint density at radius 1 is 1.10 bits per heavy atom. The molecule has 0 bridgehead atoms. The lowest BCUT2D eigenvalue weighted by Crippen LogP contribution is -2.41. The lowest BCUT2D eigenvalue weighted by atomic mass is 9.97. The normalized spacial score (nSPS) is 15.3. The Morgan fingerprint density at radius 2 is 1.77 bits per heavy atom. The number of ether oxygens (including phenoxy) is 1. The van der Waals surface area contributed by atoms with Gasteiger partial charge in [0.1, 0.15) is 0 Å². The van der Waals surface area contributed by atoms with E-state index in [0.717, 1.165) is 0 Å². The first-order valence-electron chi connectivity index (χ1n) is 9.80. The summed E-state index contributed by atoms with van der Waals surface area (Å²) in [6.07, 6.45) is 1.41. The van der Waals surface area contributed by atoms with Crippen LogP contribution in [0.3, 0.4) is 0 Å². The molecule has 2 amide bonds. The predicted octanol–water partition coefficient (Wildman–Crippen LogP) is 2.90. The molecule has 0 radical (unpaired) electrons. The lowest BCUT2D eigenvalue weighted by Gasteiger charge is -2.30. The highest BCUT2D eigenvalue weighted by Crippen LogP contribution is 2.21. The number of furan rings is 1. The highest BCUT2D eigenvalue weighted by Gasteiger charge is 2.31. The molecule has 1 atom stereocenters. The van der Waals surface area contributed by atoms with Crippen molar-refractivity contribution in [2.75, 3.05) is 18.4 Å². The van der Waals surface area contributed by atoms with Gasteiger partial charge in [-0.2, -0.15) is 0 Å². The Bertz CT molecular complexity index is 912. The fourth-order valence-corrected chi connectivity index (χ4v) is 3.23. The summed E-state index contributed by atoms with van der Waals surface area (Å²) in [5.74, 6) is -1.25. The second-order valence-corrected chi connectivity index (χ2v) is 7.25. The predicted molar refractivity (Wildman–Crippen MR) is 108 cm³/mol. The van der Waals surface area contributed by atoms with E-state index in [1.54, 1.807) is 41.3 Å². The quantitative estimate of drug-likeness (QED) is 0.578. The first-order valence-corrected chi connectivity index (χ1v) is 9.80. The van der Waals surface area contributed by atoms with Crippen molar-refractivity contribution in [3.8, 4) is 0 Å². The molecule has 1 aliphatic rings. The molecule has 1 aromatic carbocycles. The van der Waals surface area contributed by atoms with Gasteiger partial charge in [-0.05, 0) is 63.1 Å². The number of anilines is 1. The van der Waals surface area contributed by atoms with Gasteiger partial charge in [0.15, 0.2) is 17.6 Å². The molecule has 1 N–H and O–H groups in total. The molecule has 3 rings (SSSR count). The number of nitrogens with zero attached hydrogens (tertiary/aromatic N) is 1. The largest absolute Gasteiger partial charge is 0.459 e. The van der Waals surface area contributed by atoms with E-state index in [2.05, 4.69) is 5.32 Å². The van der Waals surface area contributed by atoms with Crippen LogP contribution < -0.4 is 5.32 Å². The second-order valence-electron chi connectivity index (χ2n) is 7.25. The molecule has 0 saturated carbocycles. The number of ketones is 1. The monoisotopic (exact) mass is 412 g/mol. The molecular weight excluding hydrogens is 388 g/mol. The minimum absolute atomic E-state index is 0.0629. The number of carbonyl (C=O) groups excluding carboxylic acids is 4. The van der Waals surface area contributed by atoms with Gasteiger partial charge in [-0.1, -0.05) is 0 Å². The minimum atomic E-state index is -0.965. The van der Waals surface area contributed by atoms with Crippen molar-refractivity contribution in [3.63, 3.8) is 0 Å². The van der Waals surface area contributed by atoms with Gasteiger partial charge >= 0.3 is 5.97 Å². The molecular formula is C22H24N2O6. The first-order chi connectivity index (χ1) is 14.3. The van der Waals surface area contributed by atoms with E-state index < -0.39 is 18.0 Å². The van der Waals surface area contributed by atoms with E-state index in [4.69, 9.17) is 9.15 Å². The van der Waals surface area contributed by atoms with Crippen molar-refractivity contribution in [2.45, 2.75) is 32.8 Å². The Kier molecular flexibility index (Phi) is 6.66. The van der Waals surface area contributed by atoms with Crippen molar-refractivity contribution in [1.82, 2.24) is 4.90 Å². The SMILES string of the molecule is CC(=O)c1ccc(NC(=O)C(C)OC(=O)C2CCN(C(=O)c3ccco3)CC2)cc1. The van der Waals surface area contributed by atoms with Crippen LogP contribution in [0.5, 0.6) is 0 Å². The number of Topliss-reactive ketones (excluding diaryl/α,β-unsaturated/α-hetero) is 1. The lowest BCUT2D eigenvalue weighted by molar-refractivity contribution is -0.158. The molecule has 0 spiro atoms. The zero-order valence-electron chi connectivity index (χ0n) is 16.9. The Labute approximate surface area is 174 Å². The summed E-state index contributed by atoms with van der Waals surface area (Å²) in [5.41, 5.74) is 1.06. The maximum atomic E-state index is 12.4. The third-order valence-electron chi connectivity index (χ3n) is 5.07. The number of rotatable bonds is 6. The number of amides is 2. The van der Waals surface area contributed by atoms with Gasteiger partial charge < -0.3 is 19.4 Å². The Morgan fingerprint density at radius 3 is 2.33 bits per heavy atom. The third-order valence-corrected chi connectivity index (χ3v) is 5.07. The van der Waals surface area contributed by atoms with Gasteiger partial charge in [-0.3, -0.25) is 19.2 Å². The number of nitrogens with one attached hydrogen (secondary N) is 1. The van der Waals surface area contributed by atoms with Crippen molar-refractivity contribution in [2.24, 2.45) is 5.92 Å². The van der Waals surface area contributed by atoms with Gasteiger partial charge in [0.25, 0.3) is 11.8 Å². The summed E-state index contributed by atoms with van der Waals surface area (Å²) in [6, 6.07) is 9.74. The van der Waals surface area contributed by atoms with Crippen molar-refractivity contribution in [3.05, 3.63) is 54.0 Å². The number of benzene rings is 1. The van der Waals surface area contributed by atoms with Crippen LogP contribution in [-0.2, 0) is 14.3 Å². The van der Waals surface area contributed by atoms with Gasteiger partial charge in [0.2, 0.25) is 0 Å². The number of carbonyl (C=O) groups is 4.